The van der Waals surface area contributed by atoms with E-state index in [1.807, 2.05) is 24.4 Å². The number of carbonyl (C=O) groups is 1. The van der Waals surface area contributed by atoms with Crippen molar-refractivity contribution >= 4 is 5.97 Å². The molecule has 2 aromatic carbocycles. The van der Waals surface area contributed by atoms with Gasteiger partial charge in [-0.15, -0.1) is 0 Å². The molecule has 0 atom stereocenters. The van der Waals surface area contributed by atoms with Gasteiger partial charge in [-0.25, -0.2) is 9.18 Å². The van der Waals surface area contributed by atoms with Crippen LogP contribution in [0.2, 0.25) is 0 Å². The minimum atomic E-state index is -0.722. The van der Waals surface area contributed by atoms with Crippen LogP contribution in [-0.2, 0) is 6.42 Å². The number of rotatable bonds is 13. The first-order valence-electron chi connectivity index (χ1n) is 12.6. The summed E-state index contributed by atoms with van der Waals surface area (Å²) in [6, 6.07) is 16.5. The fourth-order valence-corrected chi connectivity index (χ4v) is 3.98. The summed E-state index contributed by atoms with van der Waals surface area (Å²) in [6.45, 7) is 2.25. The largest absolute Gasteiger partial charge is 0.423 e. The van der Waals surface area contributed by atoms with E-state index in [1.54, 1.807) is 18.2 Å². The van der Waals surface area contributed by atoms with Gasteiger partial charge in [0.25, 0.3) is 0 Å². The Morgan fingerprint density at radius 2 is 1.60 bits per heavy atom. The molecule has 0 unspecified atom stereocenters. The van der Waals surface area contributed by atoms with Crippen LogP contribution in [0.15, 0.2) is 60.8 Å². The highest BCUT2D eigenvalue weighted by atomic mass is 19.1. The Balaban J connectivity index is 1.45. The molecule has 0 fully saturated rings. The van der Waals surface area contributed by atoms with Crippen molar-refractivity contribution < 1.29 is 13.9 Å². The average Bonchev–Trinajstić information content (AvgIpc) is 2.88. The predicted octanol–water partition coefficient (Wildman–Crippen LogP) is 8.05. The second-order valence-corrected chi connectivity index (χ2v) is 8.85. The number of nitrogens with zero attached hydrogens (tertiary/aromatic N) is 2. The van der Waals surface area contributed by atoms with Crippen molar-refractivity contribution in [3.05, 3.63) is 83.3 Å². The van der Waals surface area contributed by atoms with Crippen molar-refractivity contribution in [3.63, 3.8) is 0 Å². The normalized spacial score (nSPS) is 10.7. The third-order valence-corrected chi connectivity index (χ3v) is 6.08. The fourth-order valence-electron chi connectivity index (χ4n) is 3.98. The van der Waals surface area contributed by atoms with Crippen LogP contribution in [0.4, 0.5) is 4.39 Å². The second kappa shape index (κ2) is 14.0. The average molecular weight is 473 g/mol. The van der Waals surface area contributed by atoms with E-state index in [1.165, 1.54) is 75.5 Å². The molecule has 0 bridgehead atoms. The van der Waals surface area contributed by atoms with E-state index >= 15 is 0 Å². The number of aromatic nitrogens is 1. The van der Waals surface area contributed by atoms with Gasteiger partial charge in [-0.1, -0.05) is 76.5 Å². The lowest BCUT2D eigenvalue weighted by Crippen LogP contribution is -2.08. The molecule has 4 nitrogen and oxygen atoms in total. The number of pyridine rings is 1. The van der Waals surface area contributed by atoms with E-state index in [2.05, 4.69) is 18.0 Å². The number of unbranched alkanes of at least 4 members (excludes halogenated alkanes) is 8. The van der Waals surface area contributed by atoms with E-state index < -0.39 is 11.8 Å². The number of aryl methyl sites for hydroxylation is 1. The highest BCUT2D eigenvalue weighted by Gasteiger charge is 2.11. The lowest BCUT2D eigenvalue weighted by atomic mass is 10.0. The van der Waals surface area contributed by atoms with Crippen LogP contribution in [0.25, 0.3) is 11.3 Å². The van der Waals surface area contributed by atoms with Gasteiger partial charge in [0.15, 0.2) is 0 Å². The predicted molar refractivity (Wildman–Crippen MR) is 137 cm³/mol. The van der Waals surface area contributed by atoms with E-state index in [0.717, 1.165) is 23.7 Å². The Morgan fingerprint density at radius 1 is 0.914 bits per heavy atom. The lowest BCUT2D eigenvalue weighted by molar-refractivity contribution is 0.0734. The smallest absolute Gasteiger partial charge is 0.343 e. The summed E-state index contributed by atoms with van der Waals surface area (Å²) >= 11 is 0. The van der Waals surface area contributed by atoms with Crippen LogP contribution < -0.4 is 4.74 Å². The Bertz CT molecular complexity index is 1120. The van der Waals surface area contributed by atoms with Gasteiger partial charge >= 0.3 is 5.97 Å². The maximum absolute atomic E-state index is 13.7. The van der Waals surface area contributed by atoms with E-state index in [9.17, 15) is 9.18 Å². The molecule has 0 N–H and O–H groups in total. The quantitative estimate of drug-likeness (QED) is 0.143. The first-order chi connectivity index (χ1) is 17.1. The zero-order chi connectivity index (χ0) is 24.9. The topological polar surface area (TPSA) is 63.0 Å². The standard InChI is InChI=1S/C30H33FN2O2/c1-2-3-4-5-6-7-8-9-10-11-23-12-19-29(33-22-23)24-13-15-25(16-14-24)30(34)35-27-18-17-26(21-32)28(31)20-27/h12-20,22H,2-11H2,1H3. The van der Waals surface area contributed by atoms with Crippen molar-refractivity contribution in [1.82, 2.24) is 4.98 Å². The molecule has 1 aromatic heterocycles. The molecule has 182 valence electrons. The monoisotopic (exact) mass is 472 g/mol. The van der Waals surface area contributed by atoms with Crippen molar-refractivity contribution in [1.29, 1.82) is 5.26 Å². The van der Waals surface area contributed by atoms with Gasteiger partial charge in [0.1, 0.15) is 17.6 Å². The van der Waals surface area contributed by atoms with Gasteiger partial charge in [0.2, 0.25) is 0 Å². The summed E-state index contributed by atoms with van der Waals surface area (Å²) in [4.78, 5) is 17.0. The molecule has 0 radical (unpaired) electrons. The zero-order valence-corrected chi connectivity index (χ0v) is 20.4. The summed E-state index contributed by atoms with van der Waals surface area (Å²) in [6.07, 6.45) is 14.9. The molecule has 0 spiro atoms. The molecular weight excluding hydrogens is 439 g/mol. The number of hydrogen-bond acceptors (Lipinski definition) is 4. The van der Waals surface area contributed by atoms with Crippen LogP contribution in [0.1, 0.15) is 86.2 Å². The van der Waals surface area contributed by atoms with E-state index in [4.69, 9.17) is 10.00 Å². The molecule has 0 aliphatic rings. The fraction of sp³-hybridized carbons (Fsp3) is 0.367. The van der Waals surface area contributed by atoms with Crippen molar-refractivity contribution in [2.45, 2.75) is 71.1 Å². The SMILES string of the molecule is CCCCCCCCCCCc1ccc(-c2ccc(C(=O)Oc3ccc(C#N)c(F)c3)cc2)nc1. The van der Waals surface area contributed by atoms with Gasteiger partial charge in [0, 0.05) is 17.8 Å². The molecule has 3 rings (SSSR count). The maximum Gasteiger partial charge on any atom is 0.343 e. The summed E-state index contributed by atoms with van der Waals surface area (Å²) < 4.78 is 18.9. The Kier molecular flexibility index (Phi) is 10.4. The highest BCUT2D eigenvalue weighted by Crippen LogP contribution is 2.21. The summed E-state index contributed by atoms with van der Waals surface area (Å²) in [7, 11) is 0. The summed E-state index contributed by atoms with van der Waals surface area (Å²) in [5.74, 6) is -1.26. The van der Waals surface area contributed by atoms with Crippen LogP contribution in [0.5, 0.6) is 5.75 Å². The first kappa shape index (κ1) is 26.1. The van der Waals surface area contributed by atoms with E-state index in [0.29, 0.717) is 5.56 Å². The maximum atomic E-state index is 13.7. The number of halogens is 1. The first-order valence-corrected chi connectivity index (χ1v) is 12.6. The van der Waals surface area contributed by atoms with E-state index in [-0.39, 0.29) is 11.3 Å². The Labute approximate surface area is 207 Å². The van der Waals surface area contributed by atoms with Gasteiger partial charge in [-0.2, -0.15) is 5.26 Å². The van der Waals surface area contributed by atoms with Crippen molar-refractivity contribution in [2.24, 2.45) is 0 Å². The third kappa shape index (κ3) is 8.33. The van der Waals surface area contributed by atoms with Crippen LogP contribution in [-0.4, -0.2) is 11.0 Å². The molecule has 0 amide bonds. The molecule has 0 saturated carbocycles. The minimum Gasteiger partial charge on any atom is -0.423 e. The van der Waals surface area contributed by atoms with Crippen molar-refractivity contribution in [2.75, 3.05) is 0 Å². The molecule has 35 heavy (non-hydrogen) atoms. The summed E-state index contributed by atoms with van der Waals surface area (Å²) in [5, 5.41) is 8.80. The van der Waals surface area contributed by atoms with Gasteiger partial charge < -0.3 is 4.74 Å². The van der Waals surface area contributed by atoms with Crippen LogP contribution in [0.3, 0.4) is 0 Å². The number of carbonyl (C=O) groups excluding carboxylic acids is 1. The second-order valence-electron chi connectivity index (χ2n) is 8.85. The van der Waals surface area contributed by atoms with Gasteiger partial charge in [0.05, 0.1) is 16.8 Å². The number of nitriles is 1. The number of esters is 1. The summed E-state index contributed by atoms with van der Waals surface area (Å²) in [5.41, 5.74) is 3.24. The number of benzene rings is 2. The lowest BCUT2D eigenvalue weighted by Gasteiger charge is -2.07. The Morgan fingerprint density at radius 3 is 2.20 bits per heavy atom. The molecule has 5 heteroatoms. The Hall–Kier alpha value is -3.52. The molecule has 0 aliphatic carbocycles. The molecule has 1 heterocycles. The molecule has 3 aromatic rings. The minimum absolute atomic E-state index is 0.0554. The molecule has 0 saturated heterocycles. The molecular formula is C30H33FN2O2. The zero-order valence-electron chi connectivity index (χ0n) is 20.4. The van der Waals surface area contributed by atoms with Gasteiger partial charge in [-0.05, 0) is 48.7 Å². The van der Waals surface area contributed by atoms with Gasteiger partial charge in [-0.3, -0.25) is 4.98 Å². The highest BCUT2D eigenvalue weighted by molar-refractivity contribution is 5.91. The van der Waals surface area contributed by atoms with Crippen molar-refractivity contribution in [3.8, 4) is 23.1 Å². The number of ether oxygens (including phenoxy) is 1. The van der Waals surface area contributed by atoms with Crippen LogP contribution >= 0.6 is 0 Å². The third-order valence-electron chi connectivity index (χ3n) is 6.08. The van der Waals surface area contributed by atoms with Crippen LogP contribution in [0, 0.1) is 17.1 Å². The number of hydrogen-bond donors (Lipinski definition) is 0. The molecule has 0 aliphatic heterocycles.